The van der Waals surface area contributed by atoms with Crippen LogP contribution in [0.4, 0.5) is 0 Å². The first-order valence-corrected chi connectivity index (χ1v) is 13.9. The standard InChI is InChI=1S/C23H34O8P2/c1-7-26-32(24,27-8-2)30-21-15-11-19(12-16-21)23(5,6)20-13-17-22(18-14-20)31-33(25,28-9-3)29-10-4/h11-18H,7-10H2,1-6H3. The molecule has 0 aliphatic heterocycles. The maximum absolute atomic E-state index is 12.6. The molecule has 0 aromatic heterocycles. The summed E-state index contributed by atoms with van der Waals surface area (Å²) in [7, 11) is -7.29. The van der Waals surface area contributed by atoms with Gasteiger partial charge in [0.05, 0.1) is 26.4 Å². The van der Waals surface area contributed by atoms with Crippen molar-refractivity contribution in [3.8, 4) is 11.5 Å². The third-order valence-corrected chi connectivity index (χ3v) is 7.90. The van der Waals surface area contributed by atoms with E-state index in [-0.39, 0.29) is 31.8 Å². The smallest absolute Gasteiger partial charge is 0.404 e. The summed E-state index contributed by atoms with van der Waals surface area (Å²) in [4.78, 5) is 0. The zero-order valence-electron chi connectivity index (χ0n) is 20.1. The fraction of sp³-hybridized carbons (Fsp3) is 0.478. The molecular formula is C23H34O8P2. The predicted molar refractivity (Wildman–Crippen MR) is 128 cm³/mol. The number of hydrogen-bond acceptors (Lipinski definition) is 8. The Labute approximate surface area is 196 Å². The minimum absolute atomic E-state index is 0.215. The summed E-state index contributed by atoms with van der Waals surface area (Å²) in [6, 6.07) is 14.6. The van der Waals surface area contributed by atoms with E-state index >= 15 is 0 Å². The van der Waals surface area contributed by atoms with E-state index in [2.05, 4.69) is 13.8 Å². The van der Waals surface area contributed by atoms with Crippen LogP contribution in [-0.2, 0) is 32.6 Å². The second-order valence-corrected chi connectivity index (χ2v) is 10.6. The summed E-state index contributed by atoms with van der Waals surface area (Å²) >= 11 is 0. The quantitative estimate of drug-likeness (QED) is 0.253. The highest BCUT2D eigenvalue weighted by Gasteiger charge is 2.29. The van der Waals surface area contributed by atoms with Crippen LogP contribution in [0.15, 0.2) is 48.5 Å². The van der Waals surface area contributed by atoms with Crippen molar-refractivity contribution in [3.05, 3.63) is 59.7 Å². The van der Waals surface area contributed by atoms with Gasteiger partial charge in [0, 0.05) is 5.41 Å². The molecule has 0 fully saturated rings. The minimum Gasteiger partial charge on any atom is -0.404 e. The molecule has 0 aliphatic rings. The van der Waals surface area contributed by atoms with Crippen molar-refractivity contribution in [2.45, 2.75) is 47.0 Å². The average molecular weight is 500 g/mol. The Hall–Kier alpha value is -1.66. The van der Waals surface area contributed by atoms with Gasteiger partial charge in [-0.25, -0.2) is 9.13 Å². The van der Waals surface area contributed by atoms with Gasteiger partial charge in [0.2, 0.25) is 0 Å². The lowest BCUT2D eigenvalue weighted by Gasteiger charge is -2.27. The number of rotatable bonds is 14. The predicted octanol–water partition coefficient (Wildman–Crippen LogP) is 7.13. The van der Waals surface area contributed by atoms with E-state index in [1.165, 1.54) is 0 Å². The molecule has 0 bridgehead atoms. The molecule has 0 amide bonds. The number of hydrogen-bond donors (Lipinski definition) is 0. The van der Waals surface area contributed by atoms with Crippen LogP contribution in [0, 0.1) is 0 Å². The molecule has 2 rings (SSSR count). The van der Waals surface area contributed by atoms with E-state index in [1.54, 1.807) is 52.0 Å². The Balaban J connectivity index is 2.17. The first-order chi connectivity index (χ1) is 15.6. The van der Waals surface area contributed by atoms with Crippen molar-refractivity contribution < 1.29 is 36.3 Å². The number of benzene rings is 2. The van der Waals surface area contributed by atoms with E-state index in [9.17, 15) is 9.13 Å². The van der Waals surface area contributed by atoms with Crippen LogP contribution < -0.4 is 9.05 Å². The van der Waals surface area contributed by atoms with Crippen LogP contribution in [-0.4, -0.2) is 26.4 Å². The average Bonchev–Trinajstić information content (AvgIpc) is 2.75. The van der Waals surface area contributed by atoms with Crippen LogP contribution in [0.25, 0.3) is 0 Å². The van der Waals surface area contributed by atoms with Crippen molar-refractivity contribution in [2.75, 3.05) is 26.4 Å². The Morgan fingerprint density at radius 1 is 0.576 bits per heavy atom. The third kappa shape index (κ3) is 7.68. The monoisotopic (exact) mass is 500 g/mol. The highest BCUT2D eigenvalue weighted by molar-refractivity contribution is 7.49. The molecular weight excluding hydrogens is 466 g/mol. The van der Waals surface area contributed by atoms with Crippen molar-refractivity contribution in [3.63, 3.8) is 0 Å². The van der Waals surface area contributed by atoms with Gasteiger partial charge in [-0.3, -0.25) is 18.1 Å². The molecule has 184 valence electrons. The van der Waals surface area contributed by atoms with Crippen molar-refractivity contribution in [2.24, 2.45) is 0 Å². The van der Waals surface area contributed by atoms with Gasteiger partial charge in [0.15, 0.2) is 0 Å². The largest absolute Gasteiger partial charge is 0.530 e. The van der Waals surface area contributed by atoms with Gasteiger partial charge in [0.25, 0.3) is 0 Å². The Morgan fingerprint density at radius 3 is 1.09 bits per heavy atom. The van der Waals surface area contributed by atoms with E-state index in [0.717, 1.165) is 11.1 Å². The van der Waals surface area contributed by atoms with Crippen LogP contribution in [0.1, 0.15) is 52.7 Å². The van der Waals surface area contributed by atoms with Gasteiger partial charge in [-0.05, 0) is 63.1 Å². The fourth-order valence-corrected chi connectivity index (χ4v) is 5.49. The van der Waals surface area contributed by atoms with E-state index in [4.69, 9.17) is 27.1 Å². The highest BCUT2D eigenvalue weighted by Crippen LogP contribution is 2.50. The van der Waals surface area contributed by atoms with Crippen molar-refractivity contribution in [1.29, 1.82) is 0 Å². The molecule has 0 heterocycles. The fourth-order valence-electron chi connectivity index (χ4n) is 3.10. The second kappa shape index (κ2) is 12.2. The molecule has 33 heavy (non-hydrogen) atoms. The first-order valence-electron chi connectivity index (χ1n) is 11.0. The van der Waals surface area contributed by atoms with E-state index < -0.39 is 15.6 Å². The molecule has 2 aromatic rings. The molecule has 0 saturated carbocycles. The van der Waals surface area contributed by atoms with Crippen molar-refractivity contribution >= 4 is 15.6 Å². The topological polar surface area (TPSA) is 89.5 Å². The molecule has 0 unspecified atom stereocenters. The molecule has 0 N–H and O–H groups in total. The zero-order valence-corrected chi connectivity index (χ0v) is 21.9. The Morgan fingerprint density at radius 2 is 0.848 bits per heavy atom. The zero-order chi connectivity index (χ0) is 24.5. The number of phosphoric acid groups is 2. The van der Waals surface area contributed by atoms with E-state index in [1.807, 2.05) is 24.3 Å². The maximum Gasteiger partial charge on any atom is 0.530 e. The lowest BCUT2D eigenvalue weighted by atomic mass is 9.78. The lowest BCUT2D eigenvalue weighted by Crippen LogP contribution is -2.18. The summed E-state index contributed by atoms with van der Waals surface area (Å²) in [6.45, 7) is 11.9. The van der Waals surface area contributed by atoms with Gasteiger partial charge in [0.1, 0.15) is 11.5 Å². The Bertz CT molecular complexity index is 860. The van der Waals surface area contributed by atoms with Gasteiger partial charge in [-0.2, -0.15) is 0 Å². The van der Waals surface area contributed by atoms with Crippen LogP contribution in [0.5, 0.6) is 11.5 Å². The number of phosphoric ester groups is 2. The van der Waals surface area contributed by atoms with Crippen molar-refractivity contribution in [1.82, 2.24) is 0 Å². The van der Waals surface area contributed by atoms with Crippen LogP contribution in [0.2, 0.25) is 0 Å². The molecule has 10 heteroatoms. The molecule has 8 nitrogen and oxygen atoms in total. The molecule has 0 atom stereocenters. The third-order valence-electron chi connectivity index (χ3n) is 4.74. The van der Waals surface area contributed by atoms with Crippen LogP contribution >= 0.6 is 15.6 Å². The normalized spacial score (nSPS) is 12.5. The minimum atomic E-state index is -3.65. The molecule has 0 radical (unpaired) electrons. The maximum atomic E-state index is 12.6. The summed E-state index contributed by atoms with van der Waals surface area (Å²) in [5.74, 6) is 0.789. The lowest BCUT2D eigenvalue weighted by molar-refractivity contribution is 0.166. The van der Waals surface area contributed by atoms with E-state index in [0.29, 0.717) is 11.5 Å². The summed E-state index contributed by atoms with van der Waals surface area (Å²) in [5, 5.41) is 0. The second-order valence-electron chi connectivity index (χ2n) is 7.42. The van der Waals surface area contributed by atoms with Gasteiger partial charge in [-0.15, -0.1) is 0 Å². The first kappa shape index (κ1) is 27.6. The molecule has 2 aromatic carbocycles. The SMILES string of the molecule is CCOP(=O)(OCC)Oc1ccc(C(C)(C)c2ccc(OP(=O)(OCC)OCC)cc2)cc1. The summed E-state index contributed by atoms with van der Waals surface area (Å²) in [6.07, 6.45) is 0. The summed E-state index contributed by atoms with van der Waals surface area (Å²) < 4.78 is 56.9. The molecule has 0 spiro atoms. The molecule has 0 saturated heterocycles. The Kier molecular flexibility index (Phi) is 10.2. The van der Waals surface area contributed by atoms with Gasteiger partial charge in [-0.1, -0.05) is 38.1 Å². The van der Waals surface area contributed by atoms with Crippen LogP contribution in [0.3, 0.4) is 0 Å². The summed E-state index contributed by atoms with van der Waals surface area (Å²) in [5.41, 5.74) is 1.67. The molecule has 0 aliphatic carbocycles. The van der Waals surface area contributed by atoms with Gasteiger partial charge >= 0.3 is 15.6 Å². The van der Waals surface area contributed by atoms with Gasteiger partial charge < -0.3 is 9.05 Å². The highest BCUT2D eigenvalue weighted by atomic mass is 31.2.